The largest absolute Gasteiger partial charge is 0.358 e. The molecule has 0 bridgehead atoms. The number of nitrogens with zero attached hydrogens (tertiary/aromatic N) is 1. The first kappa shape index (κ1) is 13.7. The van der Waals surface area contributed by atoms with Crippen molar-refractivity contribution in [2.24, 2.45) is 5.73 Å². The van der Waals surface area contributed by atoms with Crippen molar-refractivity contribution in [1.29, 1.82) is 0 Å². The Bertz CT molecular complexity index is 339. The summed E-state index contributed by atoms with van der Waals surface area (Å²) in [5.74, 6) is -0.673. The van der Waals surface area contributed by atoms with Gasteiger partial charge in [-0.05, 0) is 26.2 Å². The van der Waals surface area contributed by atoms with Crippen LogP contribution in [0.5, 0.6) is 0 Å². The molecule has 0 radical (unpaired) electrons. The van der Waals surface area contributed by atoms with Gasteiger partial charge in [0, 0.05) is 12.2 Å². The van der Waals surface area contributed by atoms with Crippen LogP contribution in [0.15, 0.2) is 12.2 Å². The van der Waals surface area contributed by atoms with Crippen LogP contribution in [0.3, 0.4) is 0 Å². The zero-order chi connectivity index (χ0) is 13.1. The lowest BCUT2D eigenvalue weighted by atomic mass is 10.2. The Balaban J connectivity index is 2.81. The fourth-order valence-electron chi connectivity index (χ4n) is 1.61. The van der Waals surface area contributed by atoms with E-state index in [1.165, 1.54) is 6.92 Å². The minimum Gasteiger partial charge on any atom is -0.357 e. The maximum Gasteiger partial charge on any atom is 0.358 e. The summed E-state index contributed by atoms with van der Waals surface area (Å²) in [6, 6.07) is -0.823. The number of carbonyl (C=O) groups is 2. The van der Waals surface area contributed by atoms with Gasteiger partial charge >= 0.3 is 12.0 Å². The van der Waals surface area contributed by atoms with E-state index in [-0.39, 0.29) is 5.57 Å². The normalized spacial score (nSPS) is 24.1. The summed E-state index contributed by atoms with van der Waals surface area (Å²) < 4.78 is 5.55. The molecule has 1 unspecified atom stereocenters. The van der Waals surface area contributed by atoms with Gasteiger partial charge in [0.15, 0.2) is 5.35 Å². The first-order valence-electron chi connectivity index (χ1n) is 5.48. The summed E-state index contributed by atoms with van der Waals surface area (Å²) >= 11 is 0. The number of urea groups is 1. The number of carbonyl (C=O) groups excluding carboxylic acids is 2. The second-order valence-electron chi connectivity index (χ2n) is 4.27. The van der Waals surface area contributed by atoms with Crippen LogP contribution in [-0.2, 0) is 14.4 Å². The van der Waals surface area contributed by atoms with Crippen LogP contribution in [0, 0.1) is 0 Å². The SMILES string of the molecule is C=C(C)C(=O)ON(C(N)=O)C1([SiH3])CCCCO1. The lowest BCUT2D eigenvalue weighted by molar-refractivity contribution is -0.238. The van der Waals surface area contributed by atoms with Crippen LogP contribution < -0.4 is 5.73 Å². The van der Waals surface area contributed by atoms with Gasteiger partial charge in [0.25, 0.3) is 0 Å². The minimum atomic E-state index is -0.852. The third-order valence-electron chi connectivity index (χ3n) is 2.60. The Morgan fingerprint density at radius 3 is 2.59 bits per heavy atom. The molecule has 1 atom stereocenters. The van der Waals surface area contributed by atoms with E-state index in [9.17, 15) is 9.59 Å². The van der Waals surface area contributed by atoms with E-state index < -0.39 is 17.3 Å². The summed E-state index contributed by atoms with van der Waals surface area (Å²) in [5.41, 5.74) is 5.43. The number of primary amides is 1. The molecule has 0 saturated carbocycles. The molecule has 17 heavy (non-hydrogen) atoms. The van der Waals surface area contributed by atoms with Gasteiger partial charge in [-0.3, -0.25) is 0 Å². The summed E-state index contributed by atoms with van der Waals surface area (Å²) in [6.45, 7) is 5.50. The summed E-state index contributed by atoms with van der Waals surface area (Å²) in [7, 11) is 0.508. The third kappa shape index (κ3) is 3.30. The van der Waals surface area contributed by atoms with Crippen LogP contribution in [0.4, 0.5) is 4.79 Å². The maximum atomic E-state index is 11.4. The Hall–Kier alpha value is -1.34. The fourth-order valence-corrected chi connectivity index (χ4v) is 2.48. The predicted molar refractivity (Wildman–Crippen MR) is 64.8 cm³/mol. The average molecular weight is 258 g/mol. The topological polar surface area (TPSA) is 81.9 Å². The highest BCUT2D eigenvalue weighted by atomic mass is 28.1. The third-order valence-corrected chi connectivity index (χ3v) is 3.80. The number of hydrogen-bond acceptors (Lipinski definition) is 4. The van der Waals surface area contributed by atoms with Gasteiger partial charge in [0.05, 0.1) is 10.2 Å². The Labute approximate surface area is 103 Å². The van der Waals surface area contributed by atoms with E-state index >= 15 is 0 Å². The highest BCUT2D eigenvalue weighted by Gasteiger charge is 2.40. The van der Waals surface area contributed by atoms with Gasteiger partial charge < -0.3 is 15.3 Å². The molecule has 0 aromatic carbocycles. The minimum absolute atomic E-state index is 0.206. The number of rotatable bonds is 2. The molecule has 6 nitrogen and oxygen atoms in total. The molecule has 2 N–H and O–H groups in total. The van der Waals surface area contributed by atoms with E-state index in [2.05, 4.69) is 6.58 Å². The van der Waals surface area contributed by atoms with Gasteiger partial charge in [-0.2, -0.15) is 0 Å². The zero-order valence-electron chi connectivity index (χ0n) is 10.2. The molecular weight excluding hydrogens is 240 g/mol. The van der Waals surface area contributed by atoms with Crippen molar-refractivity contribution in [3.8, 4) is 0 Å². The number of ether oxygens (including phenoxy) is 1. The second kappa shape index (κ2) is 5.33. The molecule has 2 amide bonds. The number of nitrogens with two attached hydrogens (primary N) is 1. The number of hydrogen-bond donors (Lipinski definition) is 1. The Morgan fingerprint density at radius 2 is 2.18 bits per heavy atom. The van der Waals surface area contributed by atoms with Gasteiger partial charge in [-0.25, -0.2) is 9.59 Å². The van der Waals surface area contributed by atoms with E-state index in [0.717, 1.165) is 17.9 Å². The van der Waals surface area contributed by atoms with E-state index in [0.29, 0.717) is 23.3 Å². The zero-order valence-corrected chi connectivity index (χ0v) is 12.2. The molecule has 0 aromatic rings. The van der Waals surface area contributed by atoms with Crippen molar-refractivity contribution in [2.45, 2.75) is 31.5 Å². The molecule has 0 aromatic heterocycles. The molecule has 1 fully saturated rings. The standard InChI is InChI=1S/C10H18N2O4Si/c1-7(2)8(13)16-12(9(11)14)10(17)5-3-4-6-15-10/h1,3-6H2,2,17H3,(H2,11,14). The van der Waals surface area contributed by atoms with E-state index in [1.54, 1.807) is 0 Å². The van der Waals surface area contributed by atoms with Crippen LogP contribution in [-0.4, -0.2) is 39.3 Å². The second-order valence-corrected chi connectivity index (χ2v) is 5.83. The van der Waals surface area contributed by atoms with Gasteiger partial charge in [0.2, 0.25) is 0 Å². The van der Waals surface area contributed by atoms with E-state index in [4.69, 9.17) is 15.3 Å². The molecular formula is C10H18N2O4Si. The molecule has 96 valence electrons. The average Bonchev–Trinajstić information content (AvgIpc) is 2.25. The monoisotopic (exact) mass is 258 g/mol. The van der Waals surface area contributed by atoms with Crippen molar-refractivity contribution in [2.75, 3.05) is 6.61 Å². The molecule has 1 saturated heterocycles. The van der Waals surface area contributed by atoms with Crippen LogP contribution in [0.25, 0.3) is 0 Å². The molecule has 1 aliphatic heterocycles. The molecule has 1 rings (SSSR count). The predicted octanol–water partition coefficient (Wildman–Crippen LogP) is -0.379. The van der Waals surface area contributed by atoms with Crippen molar-refractivity contribution in [3.63, 3.8) is 0 Å². The fraction of sp³-hybridized carbons (Fsp3) is 0.600. The van der Waals surface area contributed by atoms with Crippen molar-refractivity contribution in [1.82, 2.24) is 5.06 Å². The first-order valence-corrected chi connectivity index (χ1v) is 6.48. The number of hydroxylamine groups is 2. The molecule has 0 aliphatic carbocycles. The highest BCUT2D eigenvalue weighted by molar-refractivity contribution is 6.15. The lowest BCUT2D eigenvalue weighted by Gasteiger charge is -2.40. The van der Waals surface area contributed by atoms with Gasteiger partial charge in [0.1, 0.15) is 0 Å². The van der Waals surface area contributed by atoms with Crippen molar-refractivity contribution in [3.05, 3.63) is 12.2 Å². The first-order chi connectivity index (χ1) is 7.87. The maximum absolute atomic E-state index is 11.4. The highest BCUT2D eigenvalue weighted by Crippen LogP contribution is 2.26. The van der Waals surface area contributed by atoms with Crippen LogP contribution >= 0.6 is 0 Å². The van der Waals surface area contributed by atoms with Crippen LogP contribution in [0.1, 0.15) is 26.2 Å². The smallest absolute Gasteiger partial charge is 0.357 e. The quantitative estimate of drug-likeness (QED) is 0.416. The molecule has 7 heteroatoms. The van der Waals surface area contributed by atoms with Crippen molar-refractivity contribution >= 4 is 22.2 Å². The summed E-state index contributed by atoms with van der Waals surface area (Å²) in [4.78, 5) is 27.7. The van der Waals surface area contributed by atoms with Gasteiger partial charge in [-0.15, -0.1) is 5.06 Å². The number of amides is 2. The molecule has 0 spiro atoms. The molecule has 1 aliphatic rings. The molecule has 1 heterocycles. The summed E-state index contributed by atoms with van der Waals surface area (Å²) in [5, 5.41) is 0.00455. The Kier molecular flexibility index (Phi) is 4.30. The summed E-state index contributed by atoms with van der Waals surface area (Å²) in [6.07, 6.45) is 2.48. The lowest BCUT2D eigenvalue weighted by Crippen LogP contribution is -2.58. The van der Waals surface area contributed by atoms with Gasteiger partial charge in [-0.1, -0.05) is 6.58 Å². The van der Waals surface area contributed by atoms with E-state index in [1.807, 2.05) is 0 Å². The van der Waals surface area contributed by atoms with Crippen molar-refractivity contribution < 1.29 is 19.2 Å². The Morgan fingerprint density at radius 1 is 1.53 bits per heavy atom. The van der Waals surface area contributed by atoms with Crippen LogP contribution in [0.2, 0.25) is 0 Å².